The Hall–Kier alpha value is -2.65. The van der Waals surface area contributed by atoms with Gasteiger partial charge in [0.05, 0.1) is 17.6 Å². The van der Waals surface area contributed by atoms with Crippen molar-refractivity contribution in [3.8, 4) is 16.5 Å². The number of rotatable bonds is 6. The van der Waals surface area contributed by atoms with E-state index in [2.05, 4.69) is 11.1 Å². The second-order valence-corrected chi connectivity index (χ2v) is 10.1. The molecule has 11 heteroatoms. The standard InChI is InChI=1S/C20H16N4O3S4/c1-3-27-19(26)15-11(10(7-21)16(22)31-15)8-30-20-23-17-14(18(25)24(20)2)12(9-29-17)13-5-4-6-28-13/h4-6,9H,3,8,22H2,1-2H3. The Morgan fingerprint density at radius 2 is 2.23 bits per heavy atom. The number of thiophene rings is 3. The van der Waals surface area contributed by atoms with Crippen LogP contribution in [0.25, 0.3) is 20.7 Å². The lowest BCUT2D eigenvalue weighted by Gasteiger charge is -2.08. The van der Waals surface area contributed by atoms with Crippen LogP contribution in [0.4, 0.5) is 5.00 Å². The molecule has 0 aromatic carbocycles. The number of anilines is 1. The van der Waals surface area contributed by atoms with Crippen LogP contribution < -0.4 is 11.3 Å². The van der Waals surface area contributed by atoms with E-state index in [1.807, 2.05) is 22.9 Å². The number of nitriles is 1. The lowest BCUT2D eigenvalue weighted by Crippen LogP contribution is -2.19. The minimum absolute atomic E-state index is 0.131. The summed E-state index contributed by atoms with van der Waals surface area (Å²) in [4.78, 5) is 32.1. The van der Waals surface area contributed by atoms with E-state index in [1.165, 1.54) is 27.7 Å². The minimum Gasteiger partial charge on any atom is -0.462 e. The van der Waals surface area contributed by atoms with Crippen LogP contribution in [0.5, 0.6) is 0 Å². The van der Waals surface area contributed by atoms with Crippen LogP contribution >= 0.6 is 45.8 Å². The number of thioether (sulfide) groups is 1. The van der Waals surface area contributed by atoms with Crippen molar-refractivity contribution in [3.05, 3.63) is 49.3 Å². The molecule has 0 fully saturated rings. The number of esters is 1. The average molecular weight is 489 g/mol. The third kappa shape index (κ3) is 3.87. The molecule has 4 heterocycles. The molecule has 0 spiro atoms. The minimum atomic E-state index is -0.507. The number of nitrogen functional groups attached to an aromatic ring is 1. The van der Waals surface area contributed by atoms with Crippen molar-refractivity contribution < 1.29 is 9.53 Å². The molecule has 0 radical (unpaired) electrons. The Kier molecular flexibility index (Phi) is 6.15. The fraction of sp³-hybridized carbons (Fsp3) is 0.200. The summed E-state index contributed by atoms with van der Waals surface area (Å²) in [5.41, 5.74) is 7.48. The number of aromatic nitrogens is 2. The number of nitrogens with two attached hydrogens (primary N) is 1. The Labute approximate surface area is 193 Å². The van der Waals surface area contributed by atoms with Crippen LogP contribution in [0.2, 0.25) is 0 Å². The van der Waals surface area contributed by atoms with E-state index < -0.39 is 5.97 Å². The first-order chi connectivity index (χ1) is 15.0. The molecular formula is C20H16N4O3S4. The van der Waals surface area contributed by atoms with Gasteiger partial charge in [-0.05, 0) is 18.4 Å². The van der Waals surface area contributed by atoms with Gasteiger partial charge in [0.1, 0.15) is 20.8 Å². The molecule has 0 saturated carbocycles. The molecule has 31 heavy (non-hydrogen) atoms. The van der Waals surface area contributed by atoms with Crippen molar-refractivity contribution >= 4 is 67.0 Å². The van der Waals surface area contributed by atoms with Crippen LogP contribution in [0.1, 0.15) is 27.7 Å². The highest BCUT2D eigenvalue weighted by molar-refractivity contribution is 7.98. The highest BCUT2D eigenvalue weighted by Gasteiger charge is 2.24. The van der Waals surface area contributed by atoms with Gasteiger partial charge in [0.25, 0.3) is 5.56 Å². The molecule has 0 bridgehead atoms. The van der Waals surface area contributed by atoms with Crippen molar-refractivity contribution in [1.82, 2.24) is 9.55 Å². The van der Waals surface area contributed by atoms with Gasteiger partial charge in [0, 0.05) is 34.2 Å². The summed E-state index contributed by atoms with van der Waals surface area (Å²) in [5.74, 6) is -0.243. The van der Waals surface area contributed by atoms with Crippen molar-refractivity contribution in [3.63, 3.8) is 0 Å². The van der Waals surface area contributed by atoms with Crippen molar-refractivity contribution in [2.75, 3.05) is 12.3 Å². The number of carbonyl (C=O) groups is 1. The number of ether oxygens (including phenoxy) is 1. The van der Waals surface area contributed by atoms with Crippen molar-refractivity contribution in [2.24, 2.45) is 7.05 Å². The summed E-state index contributed by atoms with van der Waals surface area (Å²) in [6, 6.07) is 6.00. The Balaban J connectivity index is 1.71. The second kappa shape index (κ2) is 8.84. The maximum atomic E-state index is 13.1. The molecule has 0 unspecified atom stereocenters. The SMILES string of the molecule is CCOC(=O)c1sc(N)c(C#N)c1CSc1nc2scc(-c3cccs3)c2c(=O)n1C. The Morgan fingerprint density at radius 3 is 2.90 bits per heavy atom. The van der Waals surface area contributed by atoms with E-state index in [1.54, 1.807) is 25.3 Å². The maximum Gasteiger partial charge on any atom is 0.348 e. The van der Waals surface area contributed by atoms with Gasteiger partial charge in [-0.15, -0.1) is 34.0 Å². The first-order valence-electron chi connectivity index (χ1n) is 9.09. The van der Waals surface area contributed by atoms with Gasteiger partial charge in [0.2, 0.25) is 0 Å². The number of carbonyl (C=O) groups excluding carboxylic acids is 1. The number of fused-ring (bicyclic) bond motifs is 1. The molecule has 158 valence electrons. The Bertz CT molecular complexity index is 1380. The molecule has 0 amide bonds. The average Bonchev–Trinajstić information content (AvgIpc) is 3.48. The van der Waals surface area contributed by atoms with Gasteiger partial charge < -0.3 is 10.5 Å². The Morgan fingerprint density at radius 1 is 1.42 bits per heavy atom. The molecule has 4 rings (SSSR count). The molecule has 0 atom stereocenters. The zero-order valence-corrected chi connectivity index (χ0v) is 19.8. The van der Waals surface area contributed by atoms with Gasteiger partial charge in [0.15, 0.2) is 5.16 Å². The third-order valence-electron chi connectivity index (χ3n) is 4.51. The van der Waals surface area contributed by atoms with Gasteiger partial charge in [-0.25, -0.2) is 9.78 Å². The van der Waals surface area contributed by atoms with Crippen LogP contribution in [-0.4, -0.2) is 22.1 Å². The normalized spacial score (nSPS) is 11.0. The molecule has 0 aliphatic carbocycles. The van der Waals surface area contributed by atoms with E-state index in [9.17, 15) is 14.9 Å². The monoisotopic (exact) mass is 488 g/mol. The summed E-state index contributed by atoms with van der Waals surface area (Å²) in [6.45, 7) is 1.94. The lowest BCUT2D eigenvalue weighted by molar-refractivity contribution is 0.0531. The highest BCUT2D eigenvalue weighted by Crippen LogP contribution is 2.37. The van der Waals surface area contributed by atoms with Crippen molar-refractivity contribution in [2.45, 2.75) is 17.8 Å². The summed E-state index contributed by atoms with van der Waals surface area (Å²) in [5, 5.41) is 14.8. The predicted molar refractivity (Wildman–Crippen MR) is 127 cm³/mol. The van der Waals surface area contributed by atoms with E-state index in [0.717, 1.165) is 21.8 Å². The fourth-order valence-electron chi connectivity index (χ4n) is 3.04. The molecule has 0 aliphatic heterocycles. The van der Waals surface area contributed by atoms with Crippen molar-refractivity contribution in [1.29, 1.82) is 5.26 Å². The van der Waals surface area contributed by atoms with Crippen LogP contribution in [-0.2, 0) is 17.5 Å². The van der Waals surface area contributed by atoms with E-state index in [-0.39, 0.29) is 28.5 Å². The number of hydrogen-bond donors (Lipinski definition) is 1. The quantitative estimate of drug-likeness (QED) is 0.238. The summed E-state index contributed by atoms with van der Waals surface area (Å²) >= 11 is 5.32. The number of nitrogens with zero attached hydrogens (tertiary/aromatic N) is 3. The molecule has 4 aromatic rings. The largest absolute Gasteiger partial charge is 0.462 e. The van der Waals surface area contributed by atoms with Crippen LogP contribution in [0, 0.1) is 11.3 Å². The van der Waals surface area contributed by atoms with Crippen LogP contribution in [0.3, 0.4) is 0 Å². The predicted octanol–water partition coefficient (Wildman–Crippen LogP) is 4.71. The maximum absolute atomic E-state index is 13.1. The lowest BCUT2D eigenvalue weighted by atomic mass is 10.2. The van der Waals surface area contributed by atoms with E-state index in [0.29, 0.717) is 25.8 Å². The summed E-state index contributed by atoms with van der Waals surface area (Å²) in [7, 11) is 1.67. The molecule has 0 aliphatic rings. The first-order valence-corrected chi connectivity index (χ1v) is 12.7. The van der Waals surface area contributed by atoms with Gasteiger partial charge in [-0.1, -0.05) is 17.8 Å². The van der Waals surface area contributed by atoms with Crippen LogP contribution in [0.15, 0.2) is 32.8 Å². The second-order valence-electron chi connectivity index (χ2n) is 6.34. The topological polar surface area (TPSA) is 111 Å². The highest BCUT2D eigenvalue weighted by atomic mass is 32.2. The summed E-state index contributed by atoms with van der Waals surface area (Å²) < 4.78 is 6.60. The molecular weight excluding hydrogens is 473 g/mol. The molecule has 0 saturated heterocycles. The third-order valence-corrected chi connectivity index (χ3v) is 8.39. The molecule has 4 aromatic heterocycles. The zero-order valence-electron chi connectivity index (χ0n) is 16.5. The van der Waals surface area contributed by atoms with Gasteiger partial charge >= 0.3 is 5.97 Å². The smallest absolute Gasteiger partial charge is 0.348 e. The molecule has 7 nitrogen and oxygen atoms in total. The van der Waals surface area contributed by atoms with Gasteiger partial charge in [-0.2, -0.15) is 5.26 Å². The number of hydrogen-bond acceptors (Lipinski definition) is 10. The fourth-order valence-corrected chi connectivity index (χ4v) is 6.86. The van der Waals surface area contributed by atoms with E-state index in [4.69, 9.17) is 10.5 Å². The molecule has 2 N–H and O–H groups in total. The van der Waals surface area contributed by atoms with Gasteiger partial charge in [-0.3, -0.25) is 9.36 Å². The van der Waals surface area contributed by atoms with E-state index >= 15 is 0 Å². The first kappa shape index (κ1) is 21.6. The zero-order chi connectivity index (χ0) is 22.1. The summed E-state index contributed by atoms with van der Waals surface area (Å²) in [6.07, 6.45) is 0.